The maximum Gasteiger partial charge on any atom is 0.427 e. The highest BCUT2D eigenvalue weighted by Gasteiger charge is 2.60. The molecular formula is C14H10F5NO2. The van der Waals surface area contributed by atoms with E-state index >= 15 is 0 Å². The second-order valence-electron chi connectivity index (χ2n) is 4.58. The van der Waals surface area contributed by atoms with Crippen LogP contribution in [0.2, 0.25) is 0 Å². The molecule has 0 unspecified atom stereocenters. The van der Waals surface area contributed by atoms with E-state index in [0.717, 1.165) is 0 Å². The normalized spacial score (nSPS) is 20.4. The van der Waals surface area contributed by atoms with Crippen LogP contribution in [0.3, 0.4) is 0 Å². The van der Waals surface area contributed by atoms with Gasteiger partial charge in [0.2, 0.25) is 5.54 Å². The van der Waals surface area contributed by atoms with E-state index in [9.17, 15) is 26.7 Å². The van der Waals surface area contributed by atoms with Gasteiger partial charge < -0.3 is 4.74 Å². The number of carbonyl (C=O) groups excluding carboxylic acids is 1. The third-order valence-corrected chi connectivity index (χ3v) is 2.99. The number of ether oxygens (including phenoxy) is 1. The molecule has 1 N–H and O–H groups in total. The highest BCUT2D eigenvalue weighted by molar-refractivity contribution is 5.77. The molecule has 0 fully saturated rings. The summed E-state index contributed by atoms with van der Waals surface area (Å²) in [5.74, 6) is 0.587. The Hall–Kier alpha value is -2.30. The van der Waals surface area contributed by atoms with Gasteiger partial charge in [-0.1, -0.05) is 12.8 Å². The number of benzene rings is 1. The number of amides is 1. The Bertz CT molecular complexity index is 674. The third-order valence-electron chi connectivity index (χ3n) is 2.99. The van der Waals surface area contributed by atoms with Crippen LogP contribution in [0.15, 0.2) is 12.1 Å². The third kappa shape index (κ3) is 2.58. The van der Waals surface area contributed by atoms with Gasteiger partial charge in [-0.15, -0.1) is 5.92 Å². The zero-order valence-electron chi connectivity index (χ0n) is 11.3. The molecule has 0 aliphatic carbocycles. The summed E-state index contributed by atoms with van der Waals surface area (Å²) < 4.78 is 71.6. The van der Waals surface area contributed by atoms with Crippen LogP contribution in [-0.4, -0.2) is 12.3 Å². The Balaban J connectivity index is 2.73. The molecule has 22 heavy (non-hydrogen) atoms. The quantitative estimate of drug-likeness (QED) is 0.634. The summed E-state index contributed by atoms with van der Waals surface area (Å²) in [4.78, 5) is 11.4. The summed E-state index contributed by atoms with van der Waals surface area (Å²) >= 11 is 0. The molecule has 3 nitrogen and oxygen atoms in total. The first kappa shape index (κ1) is 16.1. The molecule has 0 saturated heterocycles. The number of hydrogen-bond donors (Lipinski definition) is 1. The maximum absolute atomic E-state index is 13.5. The minimum absolute atomic E-state index is 0.146. The van der Waals surface area contributed by atoms with E-state index in [1.807, 2.05) is 5.92 Å². The van der Waals surface area contributed by atoms with Crippen LogP contribution in [-0.2, 0) is 5.54 Å². The number of halogens is 5. The topological polar surface area (TPSA) is 38.3 Å². The molecule has 8 heteroatoms. The second-order valence-corrected chi connectivity index (χ2v) is 4.58. The minimum atomic E-state index is -5.05. The molecule has 1 aliphatic rings. The number of hydrogen-bond acceptors (Lipinski definition) is 2. The fourth-order valence-corrected chi connectivity index (χ4v) is 1.96. The largest absolute Gasteiger partial charge is 0.427 e. The zero-order valence-corrected chi connectivity index (χ0v) is 11.3. The number of nitrogens with one attached hydrogen (secondary N) is 1. The number of unbranched alkanes of at least 4 members (excludes halogenated alkanes) is 1. The lowest BCUT2D eigenvalue weighted by Gasteiger charge is -2.36. The summed E-state index contributed by atoms with van der Waals surface area (Å²) in [6, 6.07) is 0.726. The van der Waals surface area contributed by atoms with Crippen LogP contribution in [0, 0.1) is 23.5 Å². The monoisotopic (exact) mass is 319 g/mol. The van der Waals surface area contributed by atoms with Gasteiger partial charge in [-0.3, -0.25) is 5.32 Å². The summed E-state index contributed by atoms with van der Waals surface area (Å²) in [5, 5.41) is 1.58. The molecule has 0 radical (unpaired) electrons. The molecule has 118 valence electrons. The van der Waals surface area contributed by atoms with Crippen LogP contribution in [0.5, 0.6) is 5.75 Å². The van der Waals surface area contributed by atoms with Gasteiger partial charge in [-0.05, 0) is 12.5 Å². The van der Waals surface area contributed by atoms with Gasteiger partial charge in [0.1, 0.15) is 5.75 Å². The first-order valence-electron chi connectivity index (χ1n) is 6.27. The van der Waals surface area contributed by atoms with Gasteiger partial charge in [0, 0.05) is 18.1 Å². The van der Waals surface area contributed by atoms with Crippen LogP contribution in [0.25, 0.3) is 0 Å². The minimum Gasteiger partial charge on any atom is -0.410 e. The molecule has 0 spiro atoms. The number of carbonyl (C=O) groups is 1. The Morgan fingerprint density at radius 3 is 2.50 bits per heavy atom. The smallest absolute Gasteiger partial charge is 0.410 e. The van der Waals surface area contributed by atoms with E-state index in [4.69, 9.17) is 0 Å². The predicted molar refractivity (Wildman–Crippen MR) is 65.9 cm³/mol. The van der Waals surface area contributed by atoms with E-state index in [1.165, 1.54) is 0 Å². The van der Waals surface area contributed by atoms with Gasteiger partial charge >= 0.3 is 12.3 Å². The van der Waals surface area contributed by atoms with E-state index in [1.54, 1.807) is 12.2 Å². The van der Waals surface area contributed by atoms with Gasteiger partial charge in [0.05, 0.1) is 0 Å². The summed E-state index contributed by atoms with van der Waals surface area (Å²) in [7, 11) is 0. The van der Waals surface area contributed by atoms with Gasteiger partial charge in [-0.25, -0.2) is 13.6 Å². The van der Waals surface area contributed by atoms with E-state index in [0.29, 0.717) is 18.6 Å². The molecule has 0 bridgehead atoms. The van der Waals surface area contributed by atoms with Crippen molar-refractivity contribution in [3.63, 3.8) is 0 Å². The van der Waals surface area contributed by atoms with Crippen molar-refractivity contribution in [2.75, 3.05) is 0 Å². The van der Waals surface area contributed by atoms with Crippen molar-refractivity contribution in [1.82, 2.24) is 5.32 Å². The van der Waals surface area contributed by atoms with Crippen LogP contribution in [0.1, 0.15) is 25.3 Å². The summed E-state index contributed by atoms with van der Waals surface area (Å²) in [6.45, 7) is 1.71. The highest BCUT2D eigenvalue weighted by atomic mass is 19.4. The molecule has 0 aromatic heterocycles. The van der Waals surface area contributed by atoms with E-state index < -0.39 is 40.8 Å². The lowest BCUT2D eigenvalue weighted by atomic mass is 9.87. The molecule has 1 atom stereocenters. The Labute approximate surface area is 122 Å². The molecule has 1 amide bonds. The molecule has 1 aliphatic heterocycles. The molecule has 2 rings (SSSR count). The van der Waals surface area contributed by atoms with Crippen molar-refractivity contribution in [3.8, 4) is 17.6 Å². The molecule has 1 aromatic carbocycles. The lowest BCUT2D eigenvalue weighted by Crippen LogP contribution is -2.58. The SMILES string of the molecule is CCCC#C[C@]1(C(F)(F)F)NC(=O)Oc2cc(F)c(F)cc21. The highest BCUT2D eigenvalue weighted by Crippen LogP contribution is 2.45. The van der Waals surface area contributed by atoms with Crippen molar-refractivity contribution < 1.29 is 31.5 Å². The van der Waals surface area contributed by atoms with Crippen molar-refractivity contribution in [2.24, 2.45) is 0 Å². The fourth-order valence-electron chi connectivity index (χ4n) is 1.96. The number of alkyl halides is 3. The zero-order chi connectivity index (χ0) is 16.5. The Morgan fingerprint density at radius 2 is 1.91 bits per heavy atom. The Morgan fingerprint density at radius 1 is 1.27 bits per heavy atom. The van der Waals surface area contributed by atoms with Crippen molar-refractivity contribution in [2.45, 2.75) is 31.5 Å². The summed E-state index contributed by atoms with van der Waals surface area (Å²) in [6.07, 6.45) is -5.85. The predicted octanol–water partition coefficient (Wildman–Crippen LogP) is 3.63. The van der Waals surface area contributed by atoms with Crippen LogP contribution in [0.4, 0.5) is 26.7 Å². The van der Waals surface area contributed by atoms with Crippen LogP contribution >= 0.6 is 0 Å². The van der Waals surface area contributed by atoms with Crippen molar-refractivity contribution >= 4 is 6.09 Å². The summed E-state index contributed by atoms with van der Waals surface area (Å²) in [5.41, 5.74) is -3.93. The van der Waals surface area contributed by atoms with Crippen molar-refractivity contribution in [3.05, 3.63) is 29.3 Å². The average Bonchev–Trinajstić information content (AvgIpc) is 2.39. The average molecular weight is 319 g/mol. The maximum atomic E-state index is 13.5. The molecule has 0 saturated carbocycles. The van der Waals surface area contributed by atoms with Gasteiger partial charge in [0.15, 0.2) is 11.6 Å². The first-order chi connectivity index (χ1) is 10.2. The number of rotatable bonds is 1. The first-order valence-corrected chi connectivity index (χ1v) is 6.27. The van der Waals surface area contributed by atoms with Crippen LogP contribution < -0.4 is 10.1 Å². The van der Waals surface area contributed by atoms with E-state index in [-0.39, 0.29) is 6.42 Å². The number of fused-ring (bicyclic) bond motifs is 1. The lowest BCUT2D eigenvalue weighted by molar-refractivity contribution is -0.181. The molecule has 1 aromatic rings. The van der Waals surface area contributed by atoms with Gasteiger partial charge in [0.25, 0.3) is 0 Å². The van der Waals surface area contributed by atoms with E-state index in [2.05, 4.69) is 10.7 Å². The second kappa shape index (κ2) is 5.48. The Kier molecular flexibility index (Phi) is 4.00. The van der Waals surface area contributed by atoms with Gasteiger partial charge in [-0.2, -0.15) is 13.2 Å². The molecule has 1 heterocycles. The molecular weight excluding hydrogens is 309 g/mol. The standard InChI is InChI=1S/C14H10F5NO2/c1-2-3-4-5-13(14(17,18)19)8-6-9(15)10(16)7-11(8)22-12(21)20-13/h6-7H,2-3H2,1H3,(H,20,21)/t13-/m0/s1. The fraction of sp³-hybridized carbons (Fsp3) is 0.357. The van der Waals surface area contributed by atoms with Crippen molar-refractivity contribution in [1.29, 1.82) is 0 Å².